The SMILES string of the molecule is CCc1cc(C(C)=O)ncn1. The molecular weight excluding hydrogens is 140 g/mol. The summed E-state index contributed by atoms with van der Waals surface area (Å²) in [7, 11) is 0. The molecule has 0 bridgehead atoms. The van der Waals surface area contributed by atoms with Crippen molar-refractivity contribution < 1.29 is 4.79 Å². The molecule has 3 nitrogen and oxygen atoms in total. The van der Waals surface area contributed by atoms with Gasteiger partial charge in [-0.15, -0.1) is 0 Å². The summed E-state index contributed by atoms with van der Waals surface area (Å²) in [5.41, 5.74) is 1.40. The number of aromatic nitrogens is 2. The molecule has 0 spiro atoms. The summed E-state index contributed by atoms with van der Waals surface area (Å²) in [6, 6.07) is 1.72. The fourth-order valence-corrected chi connectivity index (χ4v) is 0.783. The monoisotopic (exact) mass is 150 g/mol. The average Bonchev–Trinajstić information content (AvgIpc) is 2.05. The van der Waals surface area contributed by atoms with Crippen molar-refractivity contribution in [2.45, 2.75) is 20.3 Å². The number of hydrogen-bond acceptors (Lipinski definition) is 3. The molecule has 0 radical (unpaired) electrons. The Bertz CT molecular complexity index is 271. The number of rotatable bonds is 2. The number of hydrogen-bond donors (Lipinski definition) is 0. The minimum absolute atomic E-state index is 0.0119. The lowest BCUT2D eigenvalue weighted by atomic mass is 10.2. The molecular formula is C8H10N2O. The average molecular weight is 150 g/mol. The summed E-state index contributed by atoms with van der Waals surface area (Å²) >= 11 is 0. The molecule has 0 aliphatic carbocycles. The van der Waals surface area contributed by atoms with E-state index in [1.165, 1.54) is 13.3 Å². The Kier molecular flexibility index (Phi) is 2.31. The van der Waals surface area contributed by atoms with Crippen molar-refractivity contribution in [2.24, 2.45) is 0 Å². The number of aryl methyl sites for hydroxylation is 1. The first kappa shape index (κ1) is 7.85. The molecule has 0 amide bonds. The highest BCUT2D eigenvalue weighted by molar-refractivity contribution is 5.92. The van der Waals surface area contributed by atoms with Gasteiger partial charge in [0.1, 0.15) is 12.0 Å². The molecule has 0 saturated heterocycles. The van der Waals surface area contributed by atoms with Crippen molar-refractivity contribution in [3.63, 3.8) is 0 Å². The van der Waals surface area contributed by atoms with Gasteiger partial charge in [-0.1, -0.05) is 6.92 Å². The van der Waals surface area contributed by atoms with Crippen molar-refractivity contribution >= 4 is 5.78 Å². The third-order valence-corrected chi connectivity index (χ3v) is 1.45. The van der Waals surface area contributed by atoms with E-state index in [2.05, 4.69) is 9.97 Å². The van der Waals surface area contributed by atoms with Crippen molar-refractivity contribution in [3.05, 3.63) is 23.8 Å². The number of nitrogens with zero attached hydrogens (tertiary/aromatic N) is 2. The van der Waals surface area contributed by atoms with Gasteiger partial charge in [0.05, 0.1) is 0 Å². The van der Waals surface area contributed by atoms with Gasteiger partial charge in [-0.25, -0.2) is 9.97 Å². The molecule has 0 fully saturated rings. The van der Waals surface area contributed by atoms with E-state index >= 15 is 0 Å². The lowest BCUT2D eigenvalue weighted by molar-refractivity contribution is 0.101. The summed E-state index contributed by atoms with van der Waals surface area (Å²) in [6.07, 6.45) is 2.26. The van der Waals surface area contributed by atoms with Gasteiger partial charge in [-0.3, -0.25) is 4.79 Å². The lowest BCUT2D eigenvalue weighted by Crippen LogP contribution is -1.99. The van der Waals surface area contributed by atoms with Gasteiger partial charge in [0.25, 0.3) is 0 Å². The van der Waals surface area contributed by atoms with Crippen LogP contribution in [0.1, 0.15) is 30.0 Å². The maximum atomic E-state index is 10.8. The van der Waals surface area contributed by atoms with Crippen molar-refractivity contribution in [2.75, 3.05) is 0 Å². The standard InChI is InChI=1S/C8H10N2O/c1-3-7-4-8(6(2)11)10-5-9-7/h4-5H,3H2,1-2H3. The Hall–Kier alpha value is -1.25. The van der Waals surface area contributed by atoms with Crippen LogP contribution in [0.5, 0.6) is 0 Å². The topological polar surface area (TPSA) is 42.9 Å². The summed E-state index contributed by atoms with van der Waals surface area (Å²) in [5, 5.41) is 0. The van der Waals surface area contributed by atoms with Gasteiger partial charge in [0.15, 0.2) is 5.78 Å². The summed E-state index contributed by atoms with van der Waals surface area (Å²) in [6.45, 7) is 3.49. The van der Waals surface area contributed by atoms with Gasteiger partial charge in [0.2, 0.25) is 0 Å². The Morgan fingerprint density at radius 1 is 1.55 bits per heavy atom. The third kappa shape index (κ3) is 1.83. The predicted molar refractivity (Wildman–Crippen MR) is 41.4 cm³/mol. The van der Waals surface area contributed by atoms with Crippen LogP contribution in [0.4, 0.5) is 0 Å². The second-order valence-corrected chi connectivity index (χ2v) is 2.30. The van der Waals surface area contributed by atoms with Crippen molar-refractivity contribution in [1.29, 1.82) is 0 Å². The molecule has 0 aliphatic heterocycles. The second-order valence-electron chi connectivity index (χ2n) is 2.30. The van der Waals surface area contributed by atoms with Gasteiger partial charge < -0.3 is 0 Å². The number of ketones is 1. The first-order valence-corrected chi connectivity index (χ1v) is 3.56. The molecule has 3 heteroatoms. The lowest BCUT2D eigenvalue weighted by Gasteiger charge is -1.96. The molecule has 0 unspecified atom stereocenters. The normalized spacial score (nSPS) is 9.64. The Balaban J connectivity index is 3.01. The number of carbonyl (C=O) groups is 1. The van der Waals surface area contributed by atoms with Crippen LogP contribution < -0.4 is 0 Å². The molecule has 0 aromatic carbocycles. The van der Waals surface area contributed by atoms with Gasteiger partial charge >= 0.3 is 0 Å². The summed E-state index contributed by atoms with van der Waals surface area (Å²) < 4.78 is 0. The van der Waals surface area contributed by atoms with E-state index in [-0.39, 0.29) is 5.78 Å². The van der Waals surface area contributed by atoms with E-state index in [4.69, 9.17) is 0 Å². The van der Waals surface area contributed by atoms with Gasteiger partial charge in [0, 0.05) is 12.6 Å². The van der Waals surface area contributed by atoms with E-state index in [0.29, 0.717) is 5.69 Å². The van der Waals surface area contributed by atoms with Crippen molar-refractivity contribution in [1.82, 2.24) is 9.97 Å². The third-order valence-electron chi connectivity index (χ3n) is 1.45. The summed E-state index contributed by atoms with van der Waals surface area (Å²) in [5.74, 6) is -0.0119. The maximum absolute atomic E-state index is 10.8. The second kappa shape index (κ2) is 3.23. The highest BCUT2D eigenvalue weighted by atomic mass is 16.1. The summed E-state index contributed by atoms with van der Waals surface area (Å²) in [4.78, 5) is 18.6. The van der Waals surface area contributed by atoms with Crippen LogP contribution >= 0.6 is 0 Å². The van der Waals surface area contributed by atoms with E-state index in [9.17, 15) is 4.79 Å². The van der Waals surface area contributed by atoms with Crippen LogP contribution in [0, 0.1) is 0 Å². The zero-order valence-electron chi connectivity index (χ0n) is 6.66. The first-order chi connectivity index (χ1) is 5.24. The van der Waals surface area contributed by atoms with E-state index in [0.717, 1.165) is 12.1 Å². The van der Waals surface area contributed by atoms with E-state index in [1.807, 2.05) is 6.92 Å². The molecule has 11 heavy (non-hydrogen) atoms. The molecule has 1 aromatic heterocycles. The molecule has 58 valence electrons. The highest BCUT2D eigenvalue weighted by Gasteiger charge is 2.00. The van der Waals surface area contributed by atoms with Crippen LogP contribution in [0.25, 0.3) is 0 Å². The molecule has 0 atom stereocenters. The largest absolute Gasteiger partial charge is 0.293 e. The number of carbonyl (C=O) groups excluding carboxylic acids is 1. The Morgan fingerprint density at radius 3 is 2.82 bits per heavy atom. The van der Waals surface area contributed by atoms with Crippen LogP contribution in [0.3, 0.4) is 0 Å². The molecule has 0 saturated carbocycles. The molecule has 0 aliphatic rings. The smallest absolute Gasteiger partial charge is 0.178 e. The Morgan fingerprint density at radius 2 is 2.27 bits per heavy atom. The van der Waals surface area contributed by atoms with E-state index in [1.54, 1.807) is 6.07 Å². The molecule has 1 aromatic rings. The minimum Gasteiger partial charge on any atom is -0.293 e. The predicted octanol–water partition coefficient (Wildman–Crippen LogP) is 1.24. The van der Waals surface area contributed by atoms with Crippen molar-refractivity contribution in [3.8, 4) is 0 Å². The van der Waals surface area contributed by atoms with Crippen LogP contribution in [0.15, 0.2) is 12.4 Å². The van der Waals surface area contributed by atoms with Crippen LogP contribution in [-0.2, 0) is 6.42 Å². The first-order valence-electron chi connectivity index (χ1n) is 3.56. The van der Waals surface area contributed by atoms with Gasteiger partial charge in [-0.05, 0) is 12.5 Å². The molecule has 1 heterocycles. The van der Waals surface area contributed by atoms with Crippen LogP contribution in [-0.4, -0.2) is 15.8 Å². The zero-order chi connectivity index (χ0) is 8.27. The highest BCUT2D eigenvalue weighted by Crippen LogP contribution is 1.98. The zero-order valence-corrected chi connectivity index (χ0v) is 6.66. The van der Waals surface area contributed by atoms with E-state index < -0.39 is 0 Å². The fraction of sp³-hybridized carbons (Fsp3) is 0.375. The maximum Gasteiger partial charge on any atom is 0.178 e. The molecule has 1 rings (SSSR count). The quantitative estimate of drug-likeness (QED) is 0.596. The number of Topliss-reactive ketones (excluding diaryl/α,β-unsaturated/α-hetero) is 1. The van der Waals surface area contributed by atoms with Gasteiger partial charge in [-0.2, -0.15) is 0 Å². The minimum atomic E-state index is -0.0119. The van der Waals surface area contributed by atoms with Crippen LogP contribution in [0.2, 0.25) is 0 Å². The Labute approximate surface area is 65.5 Å². The molecule has 0 N–H and O–H groups in total. The fourth-order valence-electron chi connectivity index (χ4n) is 0.783.